The third-order valence-electron chi connectivity index (χ3n) is 8.45. The average molecular weight is 755 g/mol. The van der Waals surface area contributed by atoms with Crippen molar-refractivity contribution in [3.05, 3.63) is 99.3 Å². The zero-order chi connectivity index (χ0) is 37.2. The normalized spacial score (nSPS) is 12.4. The van der Waals surface area contributed by atoms with Crippen LogP contribution >= 0.6 is 22.7 Å². The van der Waals surface area contributed by atoms with Gasteiger partial charge in [-0.3, -0.25) is 19.8 Å². The average Bonchev–Trinajstić information content (AvgIpc) is 3.77. The van der Waals surface area contributed by atoms with Crippen LogP contribution in [0.5, 0.6) is 5.75 Å². The molecule has 6 rings (SSSR count). The second-order valence-corrected chi connectivity index (χ2v) is 14.9. The second-order valence-electron chi connectivity index (χ2n) is 12.8. The molecule has 1 aliphatic rings. The highest BCUT2D eigenvalue weighted by atomic mass is 32.1. The fourth-order valence-electron chi connectivity index (χ4n) is 5.85. The summed E-state index contributed by atoms with van der Waals surface area (Å²) >= 11 is 2.90. The zero-order valence-corrected chi connectivity index (χ0v) is 31.8. The molecule has 2 amide bonds. The summed E-state index contributed by atoms with van der Waals surface area (Å²) in [6.07, 6.45) is 2.69. The molecule has 0 spiro atoms. The maximum absolute atomic E-state index is 14.8. The van der Waals surface area contributed by atoms with Crippen molar-refractivity contribution < 1.29 is 23.5 Å². The number of carbonyl (C=O) groups excluding carboxylic acids is 2. The first-order chi connectivity index (χ1) is 25.8. The van der Waals surface area contributed by atoms with E-state index >= 15 is 0 Å². The van der Waals surface area contributed by atoms with Crippen molar-refractivity contribution in [2.45, 2.75) is 39.2 Å². The Hall–Kier alpha value is -4.87. The highest BCUT2D eigenvalue weighted by Crippen LogP contribution is 2.33. The van der Waals surface area contributed by atoms with Crippen molar-refractivity contribution in [2.24, 2.45) is 0 Å². The minimum absolute atomic E-state index is 0.160. The molecule has 13 heteroatoms. The summed E-state index contributed by atoms with van der Waals surface area (Å²) in [5.74, 6) is 5.19. The van der Waals surface area contributed by atoms with Crippen LogP contribution in [0, 0.1) is 17.7 Å². The number of thiazole rings is 2. The van der Waals surface area contributed by atoms with E-state index in [1.807, 2.05) is 62.3 Å². The Morgan fingerprint density at radius 3 is 2.70 bits per heavy atom. The number of aromatic nitrogens is 2. The van der Waals surface area contributed by atoms with Crippen LogP contribution in [0.15, 0.2) is 60.7 Å². The lowest BCUT2D eigenvalue weighted by Gasteiger charge is -2.29. The van der Waals surface area contributed by atoms with Gasteiger partial charge in [-0.05, 0) is 87.3 Å². The number of fused-ring (bicyclic) bond motifs is 2. The van der Waals surface area contributed by atoms with Crippen molar-refractivity contribution >= 4 is 55.0 Å². The van der Waals surface area contributed by atoms with Gasteiger partial charge >= 0.3 is 0 Å². The molecule has 5 aromatic rings. The summed E-state index contributed by atoms with van der Waals surface area (Å²) in [5.41, 5.74) is 4.42. The van der Waals surface area contributed by atoms with Crippen molar-refractivity contribution in [1.29, 1.82) is 0 Å². The van der Waals surface area contributed by atoms with Crippen LogP contribution in [-0.2, 0) is 24.1 Å². The Morgan fingerprint density at radius 2 is 1.89 bits per heavy atom. The van der Waals surface area contributed by atoms with Crippen LogP contribution in [0.3, 0.4) is 0 Å². The number of amides is 2. The molecule has 10 nitrogen and oxygen atoms in total. The van der Waals surface area contributed by atoms with E-state index in [1.165, 1.54) is 28.7 Å². The summed E-state index contributed by atoms with van der Waals surface area (Å²) < 4.78 is 27.1. The minimum atomic E-state index is -0.467. The molecule has 0 aliphatic carbocycles. The zero-order valence-electron chi connectivity index (χ0n) is 30.2. The van der Waals surface area contributed by atoms with Gasteiger partial charge in [0.05, 0.1) is 30.0 Å². The van der Waals surface area contributed by atoms with E-state index in [1.54, 1.807) is 12.1 Å². The number of hydrogen-bond acceptors (Lipinski definition) is 10. The van der Waals surface area contributed by atoms with Crippen molar-refractivity contribution in [3.8, 4) is 17.6 Å². The number of nitrogens with zero attached hydrogens (tertiary/aromatic N) is 4. The first-order valence-corrected chi connectivity index (χ1v) is 19.4. The first-order valence-electron chi connectivity index (χ1n) is 17.7. The van der Waals surface area contributed by atoms with Gasteiger partial charge in [-0.2, -0.15) is 0 Å². The topological polar surface area (TPSA) is 109 Å². The lowest BCUT2D eigenvalue weighted by atomic mass is 9.94. The molecule has 2 aromatic heterocycles. The number of halogens is 1. The maximum Gasteiger partial charge on any atom is 0.271 e. The second kappa shape index (κ2) is 18.3. The Morgan fingerprint density at radius 1 is 1.02 bits per heavy atom. The molecule has 276 valence electrons. The van der Waals surface area contributed by atoms with Gasteiger partial charge in [-0.1, -0.05) is 54.4 Å². The fourth-order valence-corrected chi connectivity index (χ4v) is 7.83. The number of benzene rings is 3. The maximum atomic E-state index is 14.8. The number of rotatable bonds is 15. The van der Waals surface area contributed by atoms with Crippen LogP contribution in [0.1, 0.15) is 62.2 Å². The van der Waals surface area contributed by atoms with E-state index in [2.05, 4.69) is 38.4 Å². The minimum Gasteiger partial charge on any atom is -0.491 e. The van der Waals surface area contributed by atoms with E-state index in [4.69, 9.17) is 14.5 Å². The molecular weight excluding hydrogens is 712 g/mol. The Labute approximate surface area is 317 Å². The molecule has 0 saturated heterocycles. The van der Waals surface area contributed by atoms with Gasteiger partial charge in [0.15, 0.2) is 21.8 Å². The molecule has 2 N–H and O–H groups in total. The molecule has 0 unspecified atom stereocenters. The highest BCUT2D eigenvalue weighted by molar-refractivity contribution is 7.22. The van der Waals surface area contributed by atoms with Crippen LogP contribution < -0.4 is 20.3 Å². The molecule has 3 heterocycles. The fraction of sp³-hybridized carbons (Fsp3) is 0.350. The molecule has 0 saturated carbocycles. The molecule has 3 aromatic carbocycles. The first kappa shape index (κ1) is 37.9. The number of ether oxygens (including phenoxy) is 2. The van der Waals surface area contributed by atoms with E-state index in [0.717, 1.165) is 39.1 Å². The van der Waals surface area contributed by atoms with E-state index in [-0.39, 0.29) is 24.2 Å². The van der Waals surface area contributed by atoms with Gasteiger partial charge in [0.2, 0.25) is 0 Å². The van der Waals surface area contributed by atoms with Gasteiger partial charge in [-0.25, -0.2) is 14.4 Å². The van der Waals surface area contributed by atoms with E-state index < -0.39 is 5.82 Å². The van der Waals surface area contributed by atoms with Crippen LogP contribution in [0.4, 0.5) is 14.7 Å². The standard InChI is InChI=1S/C40H43FN6O4S2/c1-4-22-50-24-19-42-38(49)36-35(15-9-23-51-33-17-16-27(25-31(33)41)10-8-20-46(2)3)53-40(44-36)47-21-18-28-11-7-12-29(30(28)26-47)37(48)45-39-43-32-13-5-6-14-34(32)52-39/h5-7,11-14,16-17,25H,4,9,15,18-24,26H2,1-3H3,(H,42,49)(H,43,45,48). The molecule has 0 fully saturated rings. The van der Waals surface area contributed by atoms with Gasteiger partial charge in [0.25, 0.3) is 11.8 Å². The molecule has 0 radical (unpaired) electrons. The molecule has 53 heavy (non-hydrogen) atoms. The largest absolute Gasteiger partial charge is 0.491 e. The van der Waals surface area contributed by atoms with Crippen molar-refractivity contribution in [2.75, 3.05) is 63.8 Å². The van der Waals surface area contributed by atoms with Crippen molar-refractivity contribution in [3.63, 3.8) is 0 Å². The van der Waals surface area contributed by atoms with Gasteiger partial charge in [-0.15, -0.1) is 11.3 Å². The third kappa shape index (κ3) is 9.97. The number of aryl methyl sites for hydroxylation is 1. The van der Waals surface area contributed by atoms with Gasteiger partial charge < -0.3 is 19.7 Å². The number of anilines is 2. The Kier molecular flexibility index (Phi) is 13.0. The summed E-state index contributed by atoms with van der Waals surface area (Å²) in [7, 11) is 3.85. The van der Waals surface area contributed by atoms with Crippen LogP contribution in [-0.4, -0.2) is 80.2 Å². The summed E-state index contributed by atoms with van der Waals surface area (Å²) in [6, 6.07) is 18.3. The van der Waals surface area contributed by atoms with E-state index in [9.17, 15) is 14.0 Å². The SMILES string of the molecule is CCCOCCNC(=O)c1nc(N2CCc3cccc(C(=O)Nc4nc5ccccc5s4)c3C2)sc1CCCOc1ccc(C#CCN(C)C)cc1F. The van der Waals surface area contributed by atoms with Gasteiger partial charge in [0, 0.05) is 42.2 Å². The number of para-hydroxylation sites is 1. The highest BCUT2D eigenvalue weighted by Gasteiger charge is 2.27. The monoisotopic (exact) mass is 754 g/mol. The van der Waals surface area contributed by atoms with Crippen LogP contribution in [0.25, 0.3) is 10.2 Å². The Bertz CT molecular complexity index is 2090. The lowest BCUT2D eigenvalue weighted by molar-refractivity contribution is 0.0910. The number of nitrogens with one attached hydrogen (secondary N) is 2. The summed E-state index contributed by atoms with van der Waals surface area (Å²) in [6.45, 7) is 5.44. The molecule has 0 atom stereocenters. The quantitative estimate of drug-likeness (QED) is 0.0890. The summed E-state index contributed by atoms with van der Waals surface area (Å²) in [5, 5.41) is 7.21. The molecule has 0 bridgehead atoms. The Balaban J connectivity index is 1.14. The molecular formula is C40H43FN6O4S2. The predicted molar refractivity (Wildman–Crippen MR) is 210 cm³/mol. The van der Waals surface area contributed by atoms with Crippen LogP contribution in [0.2, 0.25) is 0 Å². The predicted octanol–water partition coefficient (Wildman–Crippen LogP) is 6.79. The van der Waals surface area contributed by atoms with E-state index in [0.29, 0.717) is 79.3 Å². The summed E-state index contributed by atoms with van der Waals surface area (Å²) in [4.78, 5) is 41.3. The lowest BCUT2D eigenvalue weighted by Crippen LogP contribution is -2.32. The third-order valence-corrected chi connectivity index (χ3v) is 10.6. The van der Waals surface area contributed by atoms with Crippen molar-refractivity contribution in [1.82, 2.24) is 20.2 Å². The number of hydrogen-bond donors (Lipinski definition) is 2. The number of carbonyl (C=O) groups is 2. The van der Waals surface area contributed by atoms with Gasteiger partial charge in [0.1, 0.15) is 5.69 Å². The molecule has 1 aliphatic heterocycles. The smallest absolute Gasteiger partial charge is 0.271 e.